The predicted octanol–water partition coefficient (Wildman–Crippen LogP) is 6.74. The molecule has 0 bridgehead atoms. The Morgan fingerprint density at radius 2 is 1.89 bits per heavy atom. The number of rotatable bonds is 8. The quantitative estimate of drug-likeness (QED) is 0.198. The molecule has 5 aromatic rings. The van der Waals surface area contributed by atoms with Crippen molar-refractivity contribution in [2.24, 2.45) is 0 Å². The molecular formula is C33H36ClN7O3. The molecule has 11 heteroatoms. The van der Waals surface area contributed by atoms with Crippen molar-refractivity contribution in [3.63, 3.8) is 0 Å². The first-order chi connectivity index (χ1) is 21.2. The van der Waals surface area contributed by atoms with Crippen molar-refractivity contribution in [3.05, 3.63) is 89.6 Å². The third kappa shape index (κ3) is 7.03. The van der Waals surface area contributed by atoms with Gasteiger partial charge in [0.15, 0.2) is 5.82 Å². The van der Waals surface area contributed by atoms with E-state index in [1.165, 1.54) is 6.33 Å². The molecular weight excluding hydrogens is 578 g/mol. The Labute approximate surface area is 261 Å². The first-order valence-electron chi connectivity index (χ1n) is 14.8. The van der Waals surface area contributed by atoms with Crippen LogP contribution in [0.2, 0.25) is 5.02 Å². The lowest BCUT2D eigenvalue weighted by atomic mass is 10.0. The van der Waals surface area contributed by atoms with Crippen molar-refractivity contribution in [1.29, 1.82) is 0 Å². The van der Waals surface area contributed by atoms with Crippen molar-refractivity contribution < 1.29 is 14.3 Å². The standard InChI is InChI=1S/C33H36ClN7O3/c1-33(2,3)44-32(42)39-24-12-15-40(16-13-24)19-23-11-17-41-30(23)31(36-21-37-41)38-25-8-9-29(27(34)18-25)43-20-28-26-7-5-4-6-22(26)10-14-35-28/h4-11,14,17-18,21,24H,12-13,15-16,19-20H2,1-3H3,(H,39,42)(H,36,37,38). The zero-order valence-corrected chi connectivity index (χ0v) is 25.8. The van der Waals surface area contributed by atoms with E-state index >= 15 is 0 Å². The Kier molecular flexibility index (Phi) is 8.54. The molecule has 0 atom stereocenters. The number of likely N-dealkylation sites (tertiary alicyclic amines) is 1. The number of nitrogens with zero attached hydrogens (tertiary/aromatic N) is 5. The van der Waals surface area contributed by atoms with Gasteiger partial charge in [-0.05, 0) is 74.9 Å². The lowest BCUT2D eigenvalue weighted by Crippen LogP contribution is -2.45. The lowest BCUT2D eigenvalue weighted by molar-refractivity contribution is 0.0477. The maximum absolute atomic E-state index is 12.2. The summed E-state index contributed by atoms with van der Waals surface area (Å²) in [6.07, 6.45) is 6.62. The van der Waals surface area contributed by atoms with Crippen LogP contribution in [0.5, 0.6) is 5.75 Å². The number of amides is 1. The summed E-state index contributed by atoms with van der Waals surface area (Å²) in [4.78, 5) is 23.6. The maximum atomic E-state index is 12.2. The highest BCUT2D eigenvalue weighted by molar-refractivity contribution is 6.32. The number of benzene rings is 2. The fourth-order valence-electron chi connectivity index (χ4n) is 5.46. The molecule has 0 saturated carbocycles. The summed E-state index contributed by atoms with van der Waals surface area (Å²) in [5.74, 6) is 1.26. The number of nitrogens with one attached hydrogen (secondary N) is 2. The van der Waals surface area contributed by atoms with Gasteiger partial charge in [0, 0.05) is 49.1 Å². The van der Waals surface area contributed by atoms with Gasteiger partial charge in [-0.15, -0.1) is 0 Å². The first kappa shape index (κ1) is 29.7. The monoisotopic (exact) mass is 613 g/mol. The smallest absolute Gasteiger partial charge is 0.407 e. The zero-order valence-electron chi connectivity index (χ0n) is 25.1. The van der Waals surface area contributed by atoms with Gasteiger partial charge in [-0.25, -0.2) is 14.3 Å². The van der Waals surface area contributed by atoms with Crippen LogP contribution in [0.4, 0.5) is 16.3 Å². The number of carbonyl (C=O) groups excluding carboxylic acids is 1. The van der Waals surface area contributed by atoms with Crippen molar-refractivity contribution in [2.45, 2.75) is 58.4 Å². The van der Waals surface area contributed by atoms with E-state index in [9.17, 15) is 4.79 Å². The zero-order chi connectivity index (χ0) is 30.7. The molecule has 0 unspecified atom stereocenters. The predicted molar refractivity (Wildman–Crippen MR) is 171 cm³/mol. The van der Waals surface area contributed by atoms with Crippen molar-refractivity contribution in [1.82, 2.24) is 29.8 Å². The number of fused-ring (bicyclic) bond motifs is 2. The van der Waals surface area contributed by atoms with Gasteiger partial charge in [0.25, 0.3) is 0 Å². The molecule has 3 aromatic heterocycles. The van der Waals surface area contributed by atoms with Crippen LogP contribution < -0.4 is 15.4 Å². The van der Waals surface area contributed by atoms with Crippen LogP contribution in [-0.2, 0) is 17.9 Å². The SMILES string of the molecule is CC(C)(C)OC(=O)NC1CCN(Cc2ccn3ncnc(Nc4ccc(OCc5nccc6ccccc56)c(Cl)c4)c23)CC1. The summed E-state index contributed by atoms with van der Waals surface area (Å²) >= 11 is 6.65. The molecule has 44 heavy (non-hydrogen) atoms. The molecule has 1 aliphatic heterocycles. The van der Waals surface area contributed by atoms with Gasteiger partial charge in [-0.3, -0.25) is 9.88 Å². The number of ether oxygens (including phenoxy) is 2. The minimum Gasteiger partial charge on any atom is -0.486 e. The lowest BCUT2D eigenvalue weighted by Gasteiger charge is -2.32. The summed E-state index contributed by atoms with van der Waals surface area (Å²) < 4.78 is 13.3. The first-order valence-corrected chi connectivity index (χ1v) is 15.1. The third-order valence-corrected chi connectivity index (χ3v) is 7.85. The average Bonchev–Trinajstić information content (AvgIpc) is 3.40. The van der Waals surface area contributed by atoms with E-state index in [0.29, 0.717) is 23.2 Å². The summed E-state index contributed by atoms with van der Waals surface area (Å²) in [6.45, 7) is 8.38. The largest absolute Gasteiger partial charge is 0.486 e. The highest BCUT2D eigenvalue weighted by atomic mass is 35.5. The molecule has 0 aliphatic carbocycles. The van der Waals surface area contributed by atoms with Crippen LogP contribution >= 0.6 is 11.6 Å². The molecule has 0 radical (unpaired) electrons. The second kappa shape index (κ2) is 12.7. The van der Waals surface area contributed by atoms with Gasteiger partial charge in [0.05, 0.1) is 10.7 Å². The Hall–Kier alpha value is -4.41. The molecule has 1 saturated heterocycles. The number of halogens is 1. The molecule has 2 N–H and O–H groups in total. The number of anilines is 2. The number of hydrogen-bond donors (Lipinski definition) is 2. The van der Waals surface area contributed by atoms with Crippen molar-refractivity contribution in [3.8, 4) is 5.75 Å². The molecule has 1 aliphatic rings. The van der Waals surface area contributed by atoms with Gasteiger partial charge >= 0.3 is 6.09 Å². The van der Waals surface area contributed by atoms with Gasteiger partial charge in [-0.1, -0.05) is 35.9 Å². The van der Waals surface area contributed by atoms with Crippen LogP contribution in [-0.4, -0.2) is 55.3 Å². The van der Waals surface area contributed by atoms with E-state index in [0.717, 1.165) is 65.7 Å². The number of alkyl carbamates (subject to hydrolysis) is 1. The topological polar surface area (TPSA) is 106 Å². The molecule has 4 heterocycles. The fourth-order valence-corrected chi connectivity index (χ4v) is 5.70. The molecule has 10 nitrogen and oxygen atoms in total. The summed E-state index contributed by atoms with van der Waals surface area (Å²) in [6, 6.07) is 17.9. The number of carbonyl (C=O) groups is 1. The van der Waals surface area contributed by atoms with Crippen LogP contribution in [0.3, 0.4) is 0 Å². The van der Waals surface area contributed by atoms with Crippen LogP contribution in [0.15, 0.2) is 73.3 Å². The van der Waals surface area contributed by atoms with Crippen LogP contribution in [0.1, 0.15) is 44.9 Å². The van der Waals surface area contributed by atoms with E-state index in [-0.39, 0.29) is 12.1 Å². The molecule has 6 rings (SSSR count). The van der Waals surface area contributed by atoms with E-state index < -0.39 is 5.60 Å². The summed E-state index contributed by atoms with van der Waals surface area (Å²) in [5, 5.41) is 13.5. The number of hydrogen-bond acceptors (Lipinski definition) is 8. The molecule has 1 fully saturated rings. The highest BCUT2D eigenvalue weighted by Crippen LogP contribution is 2.32. The van der Waals surface area contributed by atoms with Crippen molar-refractivity contribution in [2.75, 3.05) is 18.4 Å². The van der Waals surface area contributed by atoms with Crippen molar-refractivity contribution >= 4 is 45.5 Å². The van der Waals surface area contributed by atoms with Crippen LogP contribution in [0, 0.1) is 0 Å². The van der Waals surface area contributed by atoms with E-state index in [1.807, 2.05) is 73.9 Å². The maximum Gasteiger partial charge on any atom is 0.407 e. The minimum atomic E-state index is -0.508. The number of pyridine rings is 1. The summed E-state index contributed by atoms with van der Waals surface area (Å²) in [7, 11) is 0. The molecule has 2 aromatic carbocycles. The van der Waals surface area contributed by atoms with E-state index in [2.05, 4.69) is 42.7 Å². The average molecular weight is 614 g/mol. The Balaban J connectivity index is 1.10. The third-order valence-electron chi connectivity index (χ3n) is 7.55. The van der Waals surface area contributed by atoms with E-state index in [1.54, 1.807) is 6.20 Å². The van der Waals surface area contributed by atoms with Gasteiger partial charge in [-0.2, -0.15) is 5.10 Å². The normalized spacial score (nSPS) is 14.5. The van der Waals surface area contributed by atoms with Gasteiger partial charge in [0.2, 0.25) is 0 Å². The van der Waals surface area contributed by atoms with E-state index in [4.69, 9.17) is 21.1 Å². The Morgan fingerprint density at radius 3 is 2.68 bits per heavy atom. The van der Waals surface area contributed by atoms with Crippen LogP contribution in [0.25, 0.3) is 16.3 Å². The highest BCUT2D eigenvalue weighted by Gasteiger charge is 2.24. The molecule has 0 spiro atoms. The number of aromatic nitrogens is 4. The second-order valence-corrected chi connectivity index (χ2v) is 12.4. The minimum absolute atomic E-state index is 0.104. The number of piperidine rings is 1. The summed E-state index contributed by atoms with van der Waals surface area (Å²) in [5.41, 5.74) is 3.15. The molecule has 1 amide bonds. The molecule has 228 valence electrons. The van der Waals surface area contributed by atoms with Gasteiger partial charge in [0.1, 0.15) is 29.8 Å². The fraction of sp³-hybridized carbons (Fsp3) is 0.333. The Bertz CT molecular complexity index is 1770. The Morgan fingerprint density at radius 1 is 1.07 bits per heavy atom. The van der Waals surface area contributed by atoms with Gasteiger partial charge < -0.3 is 20.1 Å². The second-order valence-electron chi connectivity index (χ2n) is 12.0.